The molecule has 4 N–H and O–H groups in total. The molecule has 0 radical (unpaired) electrons. The van der Waals surface area contributed by atoms with E-state index in [1.807, 2.05) is 36.4 Å². The van der Waals surface area contributed by atoms with E-state index in [0.29, 0.717) is 5.69 Å². The van der Waals surface area contributed by atoms with Gasteiger partial charge in [0.15, 0.2) is 0 Å². The van der Waals surface area contributed by atoms with E-state index in [4.69, 9.17) is 10.5 Å². The lowest BCUT2D eigenvalue weighted by molar-refractivity contribution is 0.259. The van der Waals surface area contributed by atoms with Gasteiger partial charge in [0.05, 0.1) is 7.11 Å². The number of nitrogens with two attached hydrogens (primary N) is 1. The molecule has 1 atom stereocenters. The van der Waals surface area contributed by atoms with Gasteiger partial charge in [0.2, 0.25) is 0 Å². The summed E-state index contributed by atoms with van der Waals surface area (Å²) >= 11 is 0. The normalized spacial score (nSPS) is 11.5. The summed E-state index contributed by atoms with van der Waals surface area (Å²) in [6.07, 6.45) is 0. The van der Waals surface area contributed by atoms with Crippen LogP contribution in [0.25, 0.3) is 0 Å². The number of urea groups is 1. The number of anilines is 2. The van der Waals surface area contributed by atoms with Gasteiger partial charge in [0, 0.05) is 17.4 Å². The zero-order valence-corrected chi connectivity index (χ0v) is 12.1. The minimum atomic E-state index is -0.569. The van der Waals surface area contributed by atoms with Gasteiger partial charge in [-0.3, -0.25) is 0 Å². The van der Waals surface area contributed by atoms with Crippen molar-refractivity contribution in [3.05, 3.63) is 54.1 Å². The highest BCUT2D eigenvalue weighted by molar-refractivity contribution is 5.87. The fourth-order valence-corrected chi connectivity index (χ4v) is 2.04. The fourth-order valence-electron chi connectivity index (χ4n) is 2.04. The van der Waals surface area contributed by atoms with Gasteiger partial charge in [0.25, 0.3) is 0 Å². The number of hydrogen-bond acceptors (Lipinski definition) is 3. The molecule has 0 aliphatic carbocycles. The average Bonchev–Trinajstić information content (AvgIpc) is 2.49. The maximum absolute atomic E-state index is 10.8. The maximum Gasteiger partial charge on any atom is 0.316 e. The van der Waals surface area contributed by atoms with Crippen LogP contribution in [0.5, 0.6) is 5.75 Å². The molecule has 2 aromatic carbocycles. The fraction of sp³-hybridized carbons (Fsp3) is 0.188. The molecule has 0 saturated heterocycles. The molecular weight excluding hydrogens is 266 g/mol. The topological polar surface area (TPSA) is 76.4 Å². The first-order valence-corrected chi connectivity index (χ1v) is 6.65. The van der Waals surface area contributed by atoms with Crippen LogP contribution in [-0.2, 0) is 0 Å². The molecule has 5 nitrogen and oxygen atoms in total. The lowest BCUT2D eigenvalue weighted by Crippen LogP contribution is -2.19. The maximum atomic E-state index is 10.8. The Kier molecular flexibility index (Phi) is 4.66. The van der Waals surface area contributed by atoms with Crippen LogP contribution in [0.2, 0.25) is 0 Å². The van der Waals surface area contributed by atoms with E-state index in [-0.39, 0.29) is 6.04 Å². The summed E-state index contributed by atoms with van der Waals surface area (Å²) in [6.45, 7) is 2.07. The third-order valence-corrected chi connectivity index (χ3v) is 3.13. The SMILES string of the molecule is COc1cccc(C(C)Nc2ccc(NC(N)=O)cc2)c1. The molecule has 0 aromatic heterocycles. The van der Waals surface area contributed by atoms with Crippen LogP contribution in [0.1, 0.15) is 18.5 Å². The highest BCUT2D eigenvalue weighted by Crippen LogP contribution is 2.23. The van der Waals surface area contributed by atoms with Crippen LogP contribution in [0.15, 0.2) is 48.5 Å². The van der Waals surface area contributed by atoms with Crippen LogP contribution in [0, 0.1) is 0 Å². The zero-order chi connectivity index (χ0) is 15.2. The highest BCUT2D eigenvalue weighted by atomic mass is 16.5. The standard InChI is InChI=1S/C16H19N3O2/c1-11(12-4-3-5-15(10-12)21-2)18-13-6-8-14(9-7-13)19-16(17)20/h3-11,18H,1-2H3,(H3,17,19,20). The van der Waals surface area contributed by atoms with Crippen molar-refractivity contribution in [3.63, 3.8) is 0 Å². The second kappa shape index (κ2) is 6.65. The van der Waals surface area contributed by atoms with Crippen molar-refractivity contribution < 1.29 is 9.53 Å². The van der Waals surface area contributed by atoms with Gasteiger partial charge in [-0.2, -0.15) is 0 Å². The molecule has 0 aliphatic heterocycles. The van der Waals surface area contributed by atoms with E-state index in [9.17, 15) is 4.79 Å². The Morgan fingerprint density at radius 2 is 1.81 bits per heavy atom. The van der Waals surface area contributed by atoms with Gasteiger partial charge in [-0.25, -0.2) is 4.79 Å². The predicted octanol–water partition coefficient (Wildman–Crippen LogP) is 3.36. The molecule has 0 heterocycles. The van der Waals surface area contributed by atoms with Crippen LogP contribution in [0.4, 0.5) is 16.2 Å². The molecule has 0 saturated carbocycles. The molecule has 2 amide bonds. The molecule has 0 bridgehead atoms. The van der Waals surface area contributed by atoms with E-state index in [0.717, 1.165) is 17.0 Å². The Balaban J connectivity index is 2.04. The molecule has 110 valence electrons. The van der Waals surface area contributed by atoms with E-state index < -0.39 is 6.03 Å². The summed E-state index contributed by atoms with van der Waals surface area (Å²) in [5, 5.41) is 5.92. The number of carbonyl (C=O) groups excluding carboxylic acids is 1. The number of rotatable bonds is 5. The summed E-state index contributed by atoms with van der Waals surface area (Å²) in [7, 11) is 1.65. The van der Waals surface area contributed by atoms with Gasteiger partial charge >= 0.3 is 6.03 Å². The number of benzene rings is 2. The first-order chi connectivity index (χ1) is 10.1. The number of methoxy groups -OCH3 is 1. The first kappa shape index (κ1) is 14.7. The van der Waals surface area contributed by atoms with Crippen LogP contribution < -0.4 is 21.1 Å². The molecular formula is C16H19N3O2. The Bertz CT molecular complexity index is 611. The third-order valence-electron chi connectivity index (χ3n) is 3.13. The van der Waals surface area contributed by atoms with Gasteiger partial charge in [0.1, 0.15) is 5.75 Å². The monoisotopic (exact) mass is 285 g/mol. The molecule has 2 aromatic rings. The minimum Gasteiger partial charge on any atom is -0.497 e. The second-order valence-electron chi connectivity index (χ2n) is 4.71. The van der Waals surface area contributed by atoms with E-state index in [1.165, 1.54) is 0 Å². The number of ether oxygens (including phenoxy) is 1. The number of amides is 2. The molecule has 21 heavy (non-hydrogen) atoms. The first-order valence-electron chi connectivity index (χ1n) is 6.65. The lowest BCUT2D eigenvalue weighted by Gasteiger charge is -2.16. The molecule has 0 fully saturated rings. The van der Waals surface area contributed by atoms with Crippen LogP contribution in [-0.4, -0.2) is 13.1 Å². The summed E-state index contributed by atoms with van der Waals surface area (Å²) in [6, 6.07) is 14.9. The third kappa shape index (κ3) is 4.14. The Labute approximate surface area is 124 Å². The number of carbonyl (C=O) groups is 1. The quantitative estimate of drug-likeness (QED) is 0.788. The molecule has 5 heteroatoms. The molecule has 1 unspecified atom stereocenters. The van der Waals surface area contributed by atoms with Gasteiger partial charge in [-0.05, 0) is 48.9 Å². The van der Waals surface area contributed by atoms with Gasteiger partial charge in [-0.15, -0.1) is 0 Å². The van der Waals surface area contributed by atoms with Crippen LogP contribution in [0.3, 0.4) is 0 Å². The summed E-state index contributed by atoms with van der Waals surface area (Å²) < 4.78 is 5.23. The Hall–Kier alpha value is -2.69. The van der Waals surface area contributed by atoms with Crippen molar-refractivity contribution in [2.75, 3.05) is 17.7 Å². The molecule has 2 rings (SSSR count). The summed E-state index contributed by atoms with van der Waals surface area (Å²) in [4.78, 5) is 10.8. The van der Waals surface area contributed by atoms with Crippen molar-refractivity contribution in [3.8, 4) is 5.75 Å². The van der Waals surface area contributed by atoms with Crippen molar-refractivity contribution in [2.24, 2.45) is 5.73 Å². The molecule has 0 aliphatic rings. The lowest BCUT2D eigenvalue weighted by atomic mass is 10.1. The number of primary amides is 1. The predicted molar refractivity (Wildman–Crippen MR) is 84.7 cm³/mol. The van der Waals surface area contributed by atoms with Crippen molar-refractivity contribution in [1.29, 1.82) is 0 Å². The number of nitrogens with one attached hydrogen (secondary N) is 2. The highest BCUT2D eigenvalue weighted by Gasteiger charge is 2.06. The van der Waals surface area contributed by atoms with E-state index in [1.54, 1.807) is 19.2 Å². The van der Waals surface area contributed by atoms with Gasteiger partial charge < -0.3 is 21.1 Å². The largest absolute Gasteiger partial charge is 0.497 e. The summed E-state index contributed by atoms with van der Waals surface area (Å²) in [5.74, 6) is 0.835. The van der Waals surface area contributed by atoms with E-state index in [2.05, 4.69) is 17.6 Å². The van der Waals surface area contributed by atoms with Crippen molar-refractivity contribution in [2.45, 2.75) is 13.0 Å². The van der Waals surface area contributed by atoms with Crippen molar-refractivity contribution in [1.82, 2.24) is 0 Å². The average molecular weight is 285 g/mol. The number of hydrogen-bond donors (Lipinski definition) is 3. The Morgan fingerprint density at radius 1 is 1.14 bits per heavy atom. The molecule has 0 spiro atoms. The van der Waals surface area contributed by atoms with E-state index >= 15 is 0 Å². The minimum absolute atomic E-state index is 0.134. The Morgan fingerprint density at radius 3 is 2.43 bits per heavy atom. The second-order valence-corrected chi connectivity index (χ2v) is 4.71. The van der Waals surface area contributed by atoms with Crippen molar-refractivity contribution >= 4 is 17.4 Å². The smallest absolute Gasteiger partial charge is 0.316 e. The summed E-state index contributed by atoms with van der Waals surface area (Å²) in [5.41, 5.74) is 7.83. The zero-order valence-electron chi connectivity index (χ0n) is 12.1. The van der Waals surface area contributed by atoms with Crippen LogP contribution >= 0.6 is 0 Å². The van der Waals surface area contributed by atoms with Gasteiger partial charge in [-0.1, -0.05) is 12.1 Å².